The fourth-order valence-corrected chi connectivity index (χ4v) is 2.96. The molecule has 0 unspecified atom stereocenters. The van der Waals surface area contributed by atoms with Gasteiger partial charge < -0.3 is 0 Å². The lowest BCUT2D eigenvalue weighted by molar-refractivity contribution is -0.384. The highest BCUT2D eigenvalue weighted by atomic mass is 16.6. The van der Waals surface area contributed by atoms with Gasteiger partial charge >= 0.3 is 0 Å². The van der Waals surface area contributed by atoms with E-state index in [-0.39, 0.29) is 11.5 Å². The SMILES string of the molecule is O=C(c1ccccc1)c1nc2ccc([N+](=O)[O-])cc2c2ccccc12. The van der Waals surface area contributed by atoms with Crippen LogP contribution >= 0.6 is 0 Å². The van der Waals surface area contributed by atoms with E-state index in [0.717, 1.165) is 5.39 Å². The summed E-state index contributed by atoms with van der Waals surface area (Å²) in [5, 5.41) is 13.2. The van der Waals surface area contributed by atoms with Crippen LogP contribution in [-0.4, -0.2) is 15.7 Å². The van der Waals surface area contributed by atoms with Crippen molar-refractivity contribution in [3.8, 4) is 0 Å². The van der Waals surface area contributed by atoms with Gasteiger partial charge in [0, 0.05) is 28.5 Å². The van der Waals surface area contributed by atoms with Gasteiger partial charge in [-0.25, -0.2) is 4.98 Å². The maximum absolute atomic E-state index is 12.9. The minimum atomic E-state index is -0.433. The van der Waals surface area contributed by atoms with Crippen molar-refractivity contribution < 1.29 is 9.72 Å². The van der Waals surface area contributed by atoms with Crippen molar-refractivity contribution in [2.24, 2.45) is 0 Å². The van der Waals surface area contributed by atoms with Crippen LogP contribution in [-0.2, 0) is 0 Å². The van der Waals surface area contributed by atoms with Crippen LogP contribution < -0.4 is 0 Å². The van der Waals surface area contributed by atoms with E-state index in [0.29, 0.717) is 27.5 Å². The van der Waals surface area contributed by atoms with Gasteiger partial charge in [-0.15, -0.1) is 0 Å². The second-order valence-corrected chi connectivity index (χ2v) is 5.66. The summed E-state index contributed by atoms with van der Waals surface area (Å²) < 4.78 is 0. The zero-order valence-electron chi connectivity index (χ0n) is 13.0. The second-order valence-electron chi connectivity index (χ2n) is 5.66. The van der Waals surface area contributed by atoms with Gasteiger partial charge in [-0.1, -0.05) is 54.6 Å². The number of rotatable bonds is 3. The molecule has 0 amide bonds. The van der Waals surface area contributed by atoms with Crippen LogP contribution in [0, 0.1) is 10.1 Å². The molecule has 0 atom stereocenters. The normalized spacial score (nSPS) is 10.9. The Morgan fingerprint density at radius 2 is 1.52 bits per heavy atom. The van der Waals surface area contributed by atoms with Crippen molar-refractivity contribution in [1.29, 1.82) is 0 Å². The highest BCUT2D eigenvalue weighted by Crippen LogP contribution is 2.30. The molecule has 0 fully saturated rings. The number of nitro groups is 1. The number of non-ortho nitro benzene ring substituents is 1. The van der Waals surface area contributed by atoms with Gasteiger partial charge in [0.25, 0.3) is 5.69 Å². The minimum Gasteiger partial charge on any atom is -0.287 e. The molecule has 0 aliphatic rings. The van der Waals surface area contributed by atoms with Crippen LogP contribution in [0.15, 0.2) is 72.8 Å². The van der Waals surface area contributed by atoms with Gasteiger partial charge in [0.05, 0.1) is 10.4 Å². The first-order chi connectivity index (χ1) is 12.1. The maximum atomic E-state index is 12.9. The van der Waals surface area contributed by atoms with E-state index in [4.69, 9.17) is 0 Å². The first-order valence-corrected chi connectivity index (χ1v) is 7.72. The molecular weight excluding hydrogens is 316 g/mol. The van der Waals surface area contributed by atoms with Gasteiger partial charge in [0.2, 0.25) is 5.78 Å². The first-order valence-electron chi connectivity index (χ1n) is 7.72. The zero-order chi connectivity index (χ0) is 17.4. The van der Waals surface area contributed by atoms with Crippen LogP contribution in [0.4, 0.5) is 5.69 Å². The Bertz CT molecular complexity index is 1140. The first kappa shape index (κ1) is 15.0. The third-order valence-corrected chi connectivity index (χ3v) is 4.15. The fraction of sp³-hybridized carbons (Fsp3) is 0. The van der Waals surface area contributed by atoms with Crippen LogP contribution in [0.3, 0.4) is 0 Å². The molecule has 4 aromatic rings. The Kier molecular flexibility index (Phi) is 3.47. The minimum absolute atomic E-state index is 0.00147. The molecule has 0 aliphatic heterocycles. The zero-order valence-corrected chi connectivity index (χ0v) is 13.0. The van der Waals surface area contributed by atoms with Gasteiger partial charge in [-0.2, -0.15) is 0 Å². The lowest BCUT2D eigenvalue weighted by Gasteiger charge is -2.09. The van der Waals surface area contributed by atoms with Gasteiger partial charge in [0.15, 0.2) is 0 Å². The monoisotopic (exact) mass is 328 g/mol. The smallest absolute Gasteiger partial charge is 0.270 e. The number of benzene rings is 3. The Morgan fingerprint density at radius 1 is 0.840 bits per heavy atom. The summed E-state index contributed by atoms with van der Waals surface area (Å²) >= 11 is 0. The summed E-state index contributed by atoms with van der Waals surface area (Å²) in [6.07, 6.45) is 0. The van der Waals surface area contributed by atoms with E-state index in [1.165, 1.54) is 12.1 Å². The number of ketones is 1. The quantitative estimate of drug-likeness (QED) is 0.240. The summed E-state index contributed by atoms with van der Waals surface area (Å²) in [6, 6.07) is 20.8. The summed E-state index contributed by atoms with van der Waals surface area (Å²) in [7, 11) is 0. The summed E-state index contributed by atoms with van der Waals surface area (Å²) in [5.41, 5.74) is 1.47. The molecule has 0 spiro atoms. The van der Waals surface area contributed by atoms with Crippen molar-refractivity contribution in [3.63, 3.8) is 0 Å². The number of hydrogen-bond acceptors (Lipinski definition) is 4. The van der Waals surface area contributed by atoms with E-state index in [2.05, 4.69) is 4.98 Å². The molecule has 25 heavy (non-hydrogen) atoms. The van der Waals surface area contributed by atoms with E-state index < -0.39 is 4.92 Å². The number of nitro benzene ring substituents is 1. The Balaban J connectivity index is 2.04. The molecule has 1 heterocycles. The molecule has 0 N–H and O–H groups in total. The van der Waals surface area contributed by atoms with Crippen LogP contribution in [0.5, 0.6) is 0 Å². The van der Waals surface area contributed by atoms with Crippen LogP contribution in [0.1, 0.15) is 16.1 Å². The molecule has 1 aromatic heterocycles. The summed E-state index contributed by atoms with van der Waals surface area (Å²) in [5.74, 6) is -0.169. The Morgan fingerprint density at radius 3 is 2.24 bits per heavy atom. The molecule has 4 rings (SSSR count). The van der Waals surface area contributed by atoms with E-state index in [9.17, 15) is 14.9 Å². The predicted molar refractivity (Wildman–Crippen MR) is 95.8 cm³/mol. The van der Waals surface area contributed by atoms with E-state index in [1.807, 2.05) is 30.3 Å². The topological polar surface area (TPSA) is 73.1 Å². The van der Waals surface area contributed by atoms with Crippen LogP contribution in [0.25, 0.3) is 21.7 Å². The van der Waals surface area contributed by atoms with Crippen molar-refractivity contribution >= 4 is 33.1 Å². The maximum Gasteiger partial charge on any atom is 0.270 e. The second kappa shape index (κ2) is 5.79. The standard InChI is InChI=1S/C20H12N2O3/c23-20(13-6-2-1-3-7-13)19-16-9-5-4-8-15(16)17-12-14(22(24)25)10-11-18(17)21-19/h1-12H. The Labute approximate surface area is 142 Å². The van der Waals surface area contributed by atoms with Gasteiger partial charge in [0.1, 0.15) is 5.69 Å². The lowest BCUT2D eigenvalue weighted by atomic mass is 9.99. The number of nitrogens with zero attached hydrogens (tertiary/aromatic N) is 2. The summed E-state index contributed by atoms with van der Waals surface area (Å²) in [6.45, 7) is 0. The molecule has 5 nitrogen and oxygen atoms in total. The highest BCUT2D eigenvalue weighted by molar-refractivity contribution is 6.19. The molecule has 5 heteroatoms. The van der Waals surface area contributed by atoms with Gasteiger partial charge in [-0.05, 0) is 11.5 Å². The number of carbonyl (C=O) groups is 1. The Hall–Kier alpha value is -3.60. The highest BCUT2D eigenvalue weighted by Gasteiger charge is 2.17. The predicted octanol–water partition coefficient (Wildman–Crippen LogP) is 4.53. The molecular formula is C20H12N2O3. The fourth-order valence-electron chi connectivity index (χ4n) is 2.96. The molecule has 0 saturated heterocycles. The average molecular weight is 328 g/mol. The number of pyridine rings is 1. The number of carbonyl (C=O) groups excluding carboxylic acids is 1. The van der Waals surface area contributed by atoms with Crippen molar-refractivity contribution in [2.45, 2.75) is 0 Å². The number of aromatic nitrogens is 1. The van der Waals surface area contributed by atoms with Crippen molar-refractivity contribution in [2.75, 3.05) is 0 Å². The third kappa shape index (κ3) is 2.52. The van der Waals surface area contributed by atoms with Crippen molar-refractivity contribution in [1.82, 2.24) is 4.98 Å². The molecule has 0 bridgehead atoms. The molecule has 0 saturated carbocycles. The third-order valence-electron chi connectivity index (χ3n) is 4.15. The van der Waals surface area contributed by atoms with E-state index >= 15 is 0 Å². The van der Waals surface area contributed by atoms with Gasteiger partial charge in [-0.3, -0.25) is 14.9 Å². The summed E-state index contributed by atoms with van der Waals surface area (Å²) in [4.78, 5) is 28.1. The average Bonchev–Trinajstić information content (AvgIpc) is 2.67. The lowest BCUT2D eigenvalue weighted by Crippen LogP contribution is -2.05. The number of fused-ring (bicyclic) bond motifs is 3. The molecule has 0 radical (unpaired) electrons. The van der Waals surface area contributed by atoms with Crippen LogP contribution in [0.2, 0.25) is 0 Å². The molecule has 0 aliphatic carbocycles. The molecule has 120 valence electrons. The van der Waals surface area contributed by atoms with E-state index in [1.54, 1.807) is 30.3 Å². The molecule has 3 aromatic carbocycles. The number of hydrogen-bond donors (Lipinski definition) is 0. The van der Waals surface area contributed by atoms with Crippen molar-refractivity contribution in [3.05, 3.63) is 94.2 Å². The largest absolute Gasteiger partial charge is 0.287 e.